The fourth-order valence-corrected chi connectivity index (χ4v) is 4.07. The molecule has 0 bridgehead atoms. The third-order valence-electron chi connectivity index (χ3n) is 5.36. The Morgan fingerprint density at radius 3 is 2.81 bits per heavy atom. The van der Waals surface area contributed by atoms with Crippen molar-refractivity contribution in [2.24, 2.45) is 0 Å². The van der Waals surface area contributed by atoms with E-state index in [1.165, 1.54) is 6.33 Å². The van der Waals surface area contributed by atoms with Crippen LogP contribution < -0.4 is 15.0 Å². The highest BCUT2D eigenvalue weighted by Gasteiger charge is 2.32. The van der Waals surface area contributed by atoms with Gasteiger partial charge in [-0.3, -0.25) is 0 Å². The Balaban J connectivity index is 1.52. The molecule has 0 radical (unpaired) electrons. The molecule has 1 fully saturated rings. The summed E-state index contributed by atoms with van der Waals surface area (Å²) in [7, 11) is 0. The minimum Gasteiger partial charge on any atom is -0.486 e. The Labute approximate surface area is 186 Å². The van der Waals surface area contributed by atoms with Crippen molar-refractivity contribution in [3.05, 3.63) is 29.8 Å². The number of rotatable bonds is 4. The number of fused-ring (bicyclic) bond motifs is 1. The number of hydrogen-bond donors (Lipinski definition) is 1. The van der Waals surface area contributed by atoms with E-state index < -0.39 is 0 Å². The Kier molecular flexibility index (Phi) is 6.60. The number of aromatic nitrogens is 3. The predicted molar refractivity (Wildman–Crippen MR) is 118 cm³/mol. The van der Waals surface area contributed by atoms with Crippen LogP contribution in [0.25, 0.3) is 0 Å². The zero-order valence-corrected chi connectivity index (χ0v) is 18.5. The number of anilines is 3. The molecule has 166 valence electrons. The second kappa shape index (κ2) is 9.55. The van der Waals surface area contributed by atoms with Gasteiger partial charge in [-0.2, -0.15) is 0 Å². The Morgan fingerprint density at radius 1 is 1.26 bits per heavy atom. The molecule has 31 heavy (non-hydrogen) atoms. The number of piperidine rings is 1. The summed E-state index contributed by atoms with van der Waals surface area (Å²) in [6.07, 6.45) is 5.37. The fourth-order valence-electron chi connectivity index (χ4n) is 3.90. The van der Waals surface area contributed by atoms with Gasteiger partial charge in [0.2, 0.25) is 5.75 Å². The average Bonchev–Trinajstić information content (AvgIpc) is 2.98. The van der Waals surface area contributed by atoms with Gasteiger partial charge < -0.3 is 24.6 Å². The summed E-state index contributed by atoms with van der Waals surface area (Å²) < 4.78 is 11.4. The molecule has 9 nitrogen and oxygen atoms in total. The number of carbonyl (C=O) groups excluding carboxylic acids is 1. The van der Waals surface area contributed by atoms with E-state index in [1.807, 2.05) is 19.9 Å². The second-order valence-electron chi connectivity index (χ2n) is 7.89. The zero-order chi connectivity index (χ0) is 21.8. The van der Waals surface area contributed by atoms with Gasteiger partial charge in [0.1, 0.15) is 6.33 Å². The van der Waals surface area contributed by atoms with Crippen LogP contribution in [0.3, 0.4) is 0 Å². The van der Waals surface area contributed by atoms with Crippen LogP contribution in [0.15, 0.2) is 24.7 Å². The van der Waals surface area contributed by atoms with Gasteiger partial charge in [0, 0.05) is 31.9 Å². The monoisotopic (exact) mass is 446 g/mol. The number of amides is 1. The van der Waals surface area contributed by atoms with E-state index in [0.29, 0.717) is 42.1 Å². The molecular weight excluding hydrogens is 420 g/mol. The molecule has 2 aromatic heterocycles. The van der Waals surface area contributed by atoms with Crippen LogP contribution in [0.4, 0.5) is 22.1 Å². The molecule has 1 saturated heterocycles. The second-order valence-corrected chi connectivity index (χ2v) is 8.25. The van der Waals surface area contributed by atoms with E-state index >= 15 is 0 Å². The molecule has 0 atom stereocenters. The van der Waals surface area contributed by atoms with E-state index in [4.69, 9.17) is 21.1 Å². The molecule has 2 aliphatic heterocycles. The van der Waals surface area contributed by atoms with Crippen molar-refractivity contribution in [2.45, 2.75) is 45.3 Å². The van der Waals surface area contributed by atoms with E-state index in [-0.39, 0.29) is 18.2 Å². The van der Waals surface area contributed by atoms with E-state index in [0.717, 1.165) is 31.6 Å². The number of ether oxygens (including phenoxy) is 2. The minimum atomic E-state index is -0.241. The molecule has 0 unspecified atom stereocenters. The topological polar surface area (TPSA) is 92.7 Å². The molecule has 4 heterocycles. The lowest BCUT2D eigenvalue weighted by atomic mass is 10.0. The number of halogens is 1. The molecule has 1 amide bonds. The normalized spacial score (nSPS) is 17.0. The maximum absolute atomic E-state index is 12.2. The Morgan fingerprint density at radius 2 is 2.06 bits per heavy atom. The highest BCUT2D eigenvalue weighted by molar-refractivity contribution is 6.32. The molecule has 0 aromatic carbocycles. The lowest BCUT2D eigenvalue weighted by Gasteiger charge is -2.38. The van der Waals surface area contributed by atoms with Gasteiger partial charge in [-0.1, -0.05) is 11.6 Å². The van der Waals surface area contributed by atoms with Gasteiger partial charge >= 0.3 is 6.09 Å². The van der Waals surface area contributed by atoms with Crippen molar-refractivity contribution in [1.82, 2.24) is 19.9 Å². The van der Waals surface area contributed by atoms with Gasteiger partial charge in [-0.25, -0.2) is 19.7 Å². The third kappa shape index (κ3) is 4.92. The van der Waals surface area contributed by atoms with Crippen LogP contribution in [0.2, 0.25) is 5.15 Å². The van der Waals surface area contributed by atoms with E-state index in [9.17, 15) is 4.79 Å². The average molecular weight is 447 g/mol. The standard InChI is InChI=1S/C21H27ClN6O3/c1-14(2)31-21(29)27-10-6-15(7-11-27)28-9-4-12-30-17-19(24-13-25-20(17)28)26-16-5-3-8-23-18(16)22/h3,5,8,13-15H,4,6-7,9-12H2,1-2H3,(H,24,25,26). The molecule has 0 saturated carbocycles. The smallest absolute Gasteiger partial charge is 0.410 e. The van der Waals surface area contributed by atoms with E-state index in [1.54, 1.807) is 17.2 Å². The molecule has 10 heteroatoms. The molecule has 2 aliphatic rings. The molecular formula is C21H27ClN6O3. The molecule has 0 spiro atoms. The number of nitrogens with zero attached hydrogens (tertiary/aromatic N) is 5. The van der Waals surface area contributed by atoms with Crippen molar-refractivity contribution < 1.29 is 14.3 Å². The van der Waals surface area contributed by atoms with Gasteiger partial charge in [0.05, 0.1) is 18.4 Å². The van der Waals surface area contributed by atoms with Crippen LogP contribution in [-0.4, -0.2) is 64.3 Å². The highest BCUT2D eigenvalue weighted by atomic mass is 35.5. The van der Waals surface area contributed by atoms with Crippen molar-refractivity contribution in [3.8, 4) is 5.75 Å². The minimum absolute atomic E-state index is 0.115. The highest BCUT2D eigenvalue weighted by Crippen LogP contribution is 2.38. The van der Waals surface area contributed by atoms with Crippen molar-refractivity contribution in [1.29, 1.82) is 0 Å². The van der Waals surface area contributed by atoms with Crippen molar-refractivity contribution in [3.63, 3.8) is 0 Å². The van der Waals surface area contributed by atoms with E-state index in [2.05, 4.69) is 25.2 Å². The first-order valence-electron chi connectivity index (χ1n) is 10.6. The maximum atomic E-state index is 12.2. The summed E-state index contributed by atoms with van der Waals surface area (Å²) in [4.78, 5) is 29.3. The van der Waals surface area contributed by atoms with Crippen molar-refractivity contribution >= 4 is 35.0 Å². The number of carbonyl (C=O) groups is 1. The van der Waals surface area contributed by atoms with Gasteiger partial charge in [0.15, 0.2) is 16.8 Å². The predicted octanol–water partition coefficient (Wildman–Crippen LogP) is 3.87. The van der Waals surface area contributed by atoms with Crippen LogP contribution >= 0.6 is 11.6 Å². The summed E-state index contributed by atoms with van der Waals surface area (Å²) in [5, 5.41) is 3.59. The van der Waals surface area contributed by atoms with Crippen LogP contribution in [-0.2, 0) is 4.74 Å². The number of hydrogen-bond acceptors (Lipinski definition) is 8. The number of pyridine rings is 1. The number of likely N-dealkylation sites (tertiary alicyclic amines) is 1. The van der Waals surface area contributed by atoms with Gasteiger partial charge in [0.25, 0.3) is 0 Å². The Bertz CT molecular complexity index is 920. The lowest BCUT2D eigenvalue weighted by Crippen LogP contribution is -2.47. The number of nitrogens with one attached hydrogen (secondary N) is 1. The van der Waals surface area contributed by atoms with Crippen LogP contribution in [0.1, 0.15) is 33.1 Å². The zero-order valence-electron chi connectivity index (χ0n) is 17.8. The summed E-state index contributed by atoms with van der Waals surface area (Å²) in [6, 6.07) is 3.90. The maximum Gasteiger partial charge on any atom is 0.410 e. The lowest BCUT2D eigenvalue weighted by molar-refractivity contribution is 0.0690. The first kappa shape index (κ1) is 21.4. The fraction of sp³-hybridized carbons (Fsp3) is 0.524. The largest absolute Gasteiger partial charge is 0.486 e. The van der Waals surface area contributed by atoms with Gasteiger partial charge in [-0.05, 0) is 45.2 Å². The summed E-state index contributed by atoms with van der Waals surface area (Å²) in [5.41, 5.74) is 0.654. The quantitative estimate of drug-likeness (QED) is 0.707. The third-order valence-corrected chi connectivity index (χ3v) is 5.66. The summed E-state index contributed by atoms with van der Waals surface area (Å²) in [5.74, 6) is 1.93. The molecule has 2 aromatic rings. The van der Waals surface area contributed by atoms with Crippen LogP contribution in [0, 0.1) is 0 Å². The first-order valence-corrected chi connectivity index (χ1v) is 11.0. The SMILES string of the molecule is CC(C)OC(=O)N1CCC(N2CCCOc3c(Nc4cccnc4Cl)ncnc32)CC1. The summed E-state index contributed by atoms with van der Waals surface area (Å²) >= 11 is 6.20. The summed E-state index contributed by atoms with van der Waals surface area (Å²) in [6.45, 7) is 6.45. The molecule has 4 rings (SSSR count). The van der Waals surface area contributed by atoms with Gasteiger partial charge in [-0.15, -0.1) is 0 Å². The van der Waals surface area contributed by atoms with Crippen LogP contribution in [0.5, 0.6) is 5.75 Å². The molecule has 0 aliphatic carbocycles. The van der Waals surface area contributed by atoms with Crippen molar-refractivity contribution in [2.75, 3.05) is 36.5 Å². The first-order chi connectivity index (χ1) is 15.0. The Hall–Kier alpha value is -2.81. The molecule has 1 N–H and O–H groups in total.